The molecule has 0 aliphatic rings. The predicted molar refractivity (Wildman–Crippen MR) is 101 cm³/mol. The van der Waals surface area contributed by atoms with Crippen LogP contribution in [0.25, 0.3) is 11.1 Å². The fourth-order valence-corrected chi connectivity index (χ4v) is 3.51. The molecule has 2 aromatic rings. The molecule has 24 heavy (non-hydrogen) atoms. The van der Waals surface area contributed by atoms with Gasteiger partial charge in [0.1, 0.15) is 0 Å². The van der Waals surface area contributed by atoms with Crippen molar-refractivity contribution < 1.29 is 10.2 Å². The van der Waals surface area contributed by atoms with Crippen molar-refractivity contribution in [2.24, 2.45) is 0 Å². The molecular weight excluding hydrogens is 296 g/mol. The molecule has 0 saturated heterocycles. The predicted octanol–water partition coefficient (Wildman–Crippen LogP) is 5.37. The molecule has 0 aliphatic heterocycles. The third-order valence-electron chi connectivity index (χ3n) is 5.49. The molecule has 2 rings (SSSR count). The smallest absolute Gasteiger partial charge is 0.0897 e. The molecule has 2 N–H and O–H groups in total. The first kappa shape index (κ1) is 18.7. The first-order valence-electron chi connectivity index (χ1n) is 9.09. The van der Waals surface area contributed by atoms with Crippen LogP contribution in [0.1, 0.15) is 64.5 Å². The molecule has 130 valence electrons. The van der Waals surface area contributed by atoms with E-state index in [0.29, 0.717) is 25.7 Å². The molecule has 0 radical (unpaired) electrons. The van der Waals surface area contributed by atoms with Gasteiger partial charge in [0.2, 0.25) is 0 Å². The SMILES string of the molecule is CCC(O)(CC)c1ccccc1-c1ccccc1C(O)(CC)CC. The molecule has 0 unspecified atom stereocenters. The Morgan fingerprint density at radius 2 is 0.875 bits per heavy atom. The number of hydrogen-bond donors (Lipinski definition) is 2. The van der Waals surface area contributed by atoms with Gasteiger partial charge in [0, 0.05) is 0 Å². The molecular formula is C22H30O2. The molecule has 0 spiro atoms. The van der Waals surface area contributed by atoms with Crippen LogP contribution in [0, 0.1) is 0 Å². The molecule has 2 nitrogen and oxygen atoms in total. The Hall–Kier alpha value is -1.64. The second-order valence-electron chi connectivity index (χ2n) is 6.57. The van der Waals surface area contributed by atoms with Crippen LogP contribution in [0.4, 0.5) is 0 Å². The minimum absolute atomic E-state index is 0.661. The highest BCUT2D eigenvalue weighted by atomic mass is 16.3. The van der Waals surface area contributed by atoms with Crippen molar-refractivity contribution in [1.82, 2.24) is 0 Å². The number of benzene rings is 2. The zero-order chi connectivity index (χ0) is 17.8. The van der Waals surface area contributed by atoms with Crippen molar-refractivity contribution in [3.63, 3.8) is 0 Å². The van der Waals surface area contributed by atoms with Crippen LogP contribution < -0.4 is 0 Å². The van der Waals surface area contributed by atoms with Gasteiger partial charge in [-0.2, -0.15) is 0 Å². The Morgan fingerprint density at radius 1 is 0.583 bits per heavy atom. The van der Waals surface area contributed by atoms with Crippen LogP contribution in [-0.4, -0.2) is 10.2 Å². The Labute approximate surface area is 146 Å². The van der Waals surface area contributed by atoms with Gasteiger partial charge >= 0.3 is 0 Å². The van der Waals surface area contributed by atoms with Gasteiger partial charge in [-0.25, -0.2) is 0 Å². The summed E-state index contributed by atoms with van der Waals surface area (Å²) in [6.45, 7) is 8.06. The Bertz CT molecular complexity index is 608. The van der Waals surface area contributed by atoms with Gasteiger partial charge in [0.05, 0.1) is 11.2 Å². The van der Waals surface area contributed by atoms with Crippen molar-refractivity contribution in [3.05, 3.63) is 59.7 Å². The van der Waals surface area contributed by atoms with Crippen LogP contribution in [0.3, 0.4) is 0 Å². The topological polar surface area (TPSA) is 40.5 Å². The van der Waals surface area contributed by atoms with E-state index in [-0.39, 0.29) is 0 Å². The maximum absolute atomic E-state index is 11.1. The van der Waals surface area contributed by atoms with E-state index in [4.69, 9.17) is 0 Å². The van der Waals surface area contributed by atoms with Crippen molar-refractivity contribution >= 4 is 0 Å². The van der Waals surface area contributed by atoms with E-state index < -0.39 is 11.2 Å². The van der Waals surface area contributed by atoms with Crippen molar-refractivity contribution in [3.8, 4) is 11.1 Å². The summed E-state index contributed by atoms with van der Waals surface area (Å²) >= 11 is 0. The molecule has 0 heterocycles. The first-order valence-corrected chi connectivity index (χ1v) is 9.09. The first-order chi connectivity index (χ1) is 11.5. The molecule has 0 aromatic heterocycles. The zero-order valence-corrected chi connectivity index (χ0v) is 15.3. The van der Waals surface area contributed by atoms with Gasteiger partial charge in [0.25, 0.3) is 0 Å². The lowest BCUT2D eigenvalue weighted by Gasteiger charge is -2.32. The third kappa shape index (κ3) is 3.26. The van der Waals surface area contributed by atoms with E-state index in [2.05, 4.69) is 12.1 Å². The molecule has 0 bridgehead atoms. The summed E-state index contributed by atoms with van der Waals surface area (Å²) in [4.78, 5) is 0. The highest BCUT2D eigenvalue weighted by Crippen LogP contribution is 2.41. The summed E-state index contributed by atoms with van der Waals surface area (Å²) in [5.41, 5.74) is 2.22. The molecule has 0 atom stereocenters. The van der Waals surface area contributed by atoms with Crippen LogP contribution in [0.15, 0.2) is 48.5 Å². The van der Waals surface area contributed by atoms with Crippen LogP contribution in [0.2, 0.25) is 0 Å². The maximum Gasteiger partial charge on any atom is 0.0897 e. The van der Waals surface area contributed by atoms with E-state index >= 15 is 0 Å². The van der Waals surface area contributed by atoms with Gasteiger partial charge in [-0.3, -0.25) is 0 Å². The van der Waals surface area contributed by atoms with Gasteiger partial charge in [-0.15, -0.1) is 0 Å². The Morgan fingerprint density at radius 3 is 1.17 bits per heavy atom. The fraction of sp³-hybridized carbons (Fsp3) is 0.455. The average Bonchev–Trinajstić information content (AvgIpc) is 2.66. The van der Waals surface area contributed by atoms with E-state index in [1.807, 2.05) is 64.1 Å². The summed E-state index contributed by atoms with van der Waals surface area (Å²) < 4.78 is 0. The second kappa shape index (κ2) is 7.50. The Balaban J connectivity index is 2.72. The van der Waals surface area contributed by atoms with Crippen molar-refractivity contribution in [2.75, 3.05) is 0 Å². The van der Waals surface area contributed by atoms with E-state index in [1.54, 1.807) is 0 Å². The lowest BCUT2D eigenvalue weighted by Crippen LogP contribution is -2.26. The highest BCUT2D eigenvalue weighted by molar-refractivity contribution is 5.72. The minimum atomic E-state index is -0.847. The maximum atomic E-state index is 11.1. The van der Waals surface area contributed by atoms with Gasteiger partial charge in [0.15, 0.2) is 0 Å². The zero-order valence-electron chi connectivity index (χ0n) is 15.3. The molecule has 2 aromatic carbocycles. The summed E-state index contributed by atoms with van der Waals surface area (Å²) in [6, 6.07) is 16.1. The van der Waals surface area contributed by atoms with Gasteiger partial charge in [-0.1, -0.05) is 76.2 Å². The van der Waals surface area contributed by atoms with Crippen LogP contribution in [0.5, 0.6) is 0 Å². The van der Waals surface area contributed by atoms with Gasteiger partial charge in [-0.05, 0) is 47.9 Å². The number of rotatable bonds is 7. The van der Waals surface area contributed by atoms with Crippen molar-refractivity contribution in [1.29, 1.82) is 0 Å². The minimum Gasteiger partial charge on any atom is -0.385 e. The fourth-order valence-electron chi connectivity index (χ4n) is 3.51. The summed E-state index contributed by atoms with van der Waals surface area (Å²) in [5.74, 6) is 0. The number of aliphatic hydroxyl groups is 2. The Kier molecular flexibility index (Phi) is 5.84. The third-order valence-corrected chi connectivity index (χ3v) is 5.49. The summed E-state index contributed by atoms with van der Waals surface area (Å²) in [6.07, 6.45) is 2.64. The molecule has 0 saturated carbocycles. The monoisotopic (exact) mass is 326 g/mol. The quantitative estimate of drug-likeness (QED) is 0.718. The summed E-state index contributed by atoms with van der Waals surface area (Å²) in [7, 11) is 0. The van der Waals surface area contributed by atoms with Crippen molar-refractivity contribution in [2.45, 2.75) is 64.6 Å². The lowest BCUT2D eigenvalue weighted by molar-refractivity contribution is 0.0268. The largest absolute Gasteiger partial charge is 0.385 e. The molecule has 0 amide bonds. The summed E-state index contributed by atoms with van der Waals surface area (Å²) in [5, 5.41) is 22.2. The highest BCUT2D eigenvalue weighted by Gasteiger charge is 2.31. The second-order valence-corrected chi connectivity index (χ2v) is 6.57. The lowest BCUT2D eigenvalue weighted by atomic mass is 9.78. The van der Waals surface area contributed by atoms with Gasteiger partial charge < -0.3 is 10.2 Å². The normalized spacial score (nSPS) is 12.4. The molecule has 2 heteroatoms. The molecule has 0 aliphatic carbocycles. The van der Waals surface area contributed by atoms with Crippen LogP contribution >= 0.6 is 0 Å². The standard InChI is InChI=1S/C22H30O2/c1-5-21(23,6-2)19-15-11-9-13-17(19)18-14-10-12-16-20(18)22(24,7-3)8-4/h9-16,23-24H,5-8H2,1-4H3. The van der Waals surface area contributed by atoms with Crippen LogP contribution in [-0.2, 0) is 11.2 Å². The van der Waals surface area contributed by atoms with E-state index in [1.165, 1.54) is 0 Å². The number of hydrogen-bond acceptors (Lipinski definition) is 2. The van der Waals surface area contributed by atoms with E-state index in [0.717, 1.165) is 22.3 Å². The average molecular weight is 326 g/mol. The van der Waals surface area contributed by atoms with E-state index in [9.17, 15) is 10.2 Å². The molecule has 0 fully saturated rings.